The van der Waals surface area contributed by atoms with Gasteiger partial charge in [0, 0.05) is 23.8 Å². The van der Waals surface area contributed by atoms with Gasteiger partial charge >= 0.3 is 0 Å². The van der Waals surface area contributed by atoms with Crippen molar-refractivity contribution in [2.75, 3.05) is 0 Å². The van der Waals surface area contributed by atoms with E-state index in [9.17, 15) is 9.59 Å². The maximum absolute atomic E-state index is 12.7. The van der Waals surface area contributed by atoms with Crippen molar-refractivity contribution in [3.8, 4) is 0 Å². The number of carbonyl (C=O) groups is 2. The van der Waals surface area contributed by atoms with E-state index >= 15 is 0 Å². The Labute approximate surface area is 162 Å². The smallest absolute Gasteiger partial charge is 0.287 e. The average Bonchev–Trinajstić information content (AvgIpc) is 3.07. The van der Waals surface area contributed by atoms with Gasteiger partial charge in [-0.1, -0.05) is 42.8 Å². The van der Waals surface area contributed by atoms with Crippen LogP contribution >= 0.6 is 11.6 Å². The molecule has 3 aromatic rings. The van der Waals surface area contributed by atoms with Crippen molar-refractivity contribution in [1.82, 2.24) is 20.0 Å². The van der Waals surface area contributed by atoms with E-state index in [1.807, 2.05) is 32.0 Å². The number of amides is 2. The van der Waals surface area contributed by atoms with E-state index in [0.29, 0.717) is 10.5 Å². The Morgan fingerprint density at radius 1 is 1.15 bits per heavy atom. The highest BCUT2D eigenvalue weighted by Crippen LogP contribution is 2.16. The molecule has 2 N–H and O–H groups in total. The molecule has 0 saturated carbocycles. The third-order valence-electron chi connectivity index (χ3n) is 4.35. The zero-order valence-electron chi connectivity index (χ0n) is 15.2. The van der Waals surface area contributed by atoms with Crippen LogP contribution in [-0.4, -0.2) is 27.2 Å². The maximum Gasteiger partial charge on any atom is 0.287 e. The molecule has 6 nitrogen and oxygen atoms in total. The van der Waals surface area contributed by atoms with Crippen molar-refractivity contribution in [2.45, 2.75) is 32.9 Å². The second-order valence-electron chi connectivity index (χ2n) is 6.30. The van der Waals surface area contributed by atoms with Gasteiger partial charge in [0.1, 0.15) is 0 Å². The molecule has 1 atom stereocenters. The Morgan fingerprint density at radius 3 is 2.63 bits per heavy atom. The molecule has 0 radical (unpaired) electrons. The Morgan fingerprint density at radius 2 is 1.89 bits per heavy atom. The molecule has 0 aliphatic rings. The van der Waals surface area contributed by atoms with Crippen molar-refractivity contribution < 1.29 is 9.59 Å². The summed E-state index contributed by atoms with van der Waals surface area (Å²) in [5.74, 6) is -0.481. The number of nitrogens with zero attached hydrogens (tertiary/aromatic N) is 2. The van der Waals surface area contributed by atoms with Crippen LogP contribution in [0.5, 0.6) is 0 Å². The number of carbonyl (C=O) groups excluding carboxylic acids is 2. The van der Waals surface area contributed by atoms with E-state index in [0.717, 1.165) is 12.0 Å². The minimum absolute atomic E-state index is 0.0195. The minimum Gasteiger partial charge on any atom is -0.347 e. The normalized spacial score (nSPS) is 12.0. The van der Waals surface area contributed by atoms with Gasteiger partial charge in [0.05, 0.1) is 5.52 Å². The van der Waals surface area contributed by atoms with Gasteiger partial charge in [0.25, 0.3) is 11.8 Å². The molecular weight excluding hydrogens is 364 g/mol. The van der Waals surface area contributed by atoms with Crippen molar-refractivity contribution in [3.63, 3.8) is 0 Å². The summed E-state index contributed by atoms with van der Waals surface area (Å²) < 4.78 is 1.63. The first-order chi connectivity index (χ1) is 13.0. The number of halogens is 1. The number of pyridine rings is 1. The summed E-state index contributed by atoms with van der Waals surface area (Å²) in [5, 5.41) is 6.29. The second-order valence-corrected chi connectivity index (χ2v) is 6.70. The predicted molar refractivity (Wildman–Crippen MR) is 105 cm³/mol. The molecule has 1 aromatic carbocycles. The molecule has 1 unspecified atom stereocenters. The molecule has 0 saturated heterocycles. The maximum atomic E-state index is 12.7. The van der Waals surface area contributed by atoms with Crippen LogP contribution in [0, 0.1) is 0 Å². The largest absolute Gasteiger partial charge is 0.347 e. The zero-order valence-corrected chi connectivity index (χ0v) is 16.0. The molecule has 27 heavy (non-hydrogen) atoms. The van der Waals surface area contributed by atoms with Crippen LogP contribution in [0.1, 0.15) is 46.9 Å². The van der Waals surface area contributed by atoms with Crippen LogP contribution in [0.25, 0.3) is 5.52 Å². The van der Waals surface area contributed by atoms with Crippen molar-refractivity contribution >= 4 is 28.9 Å². The molecule has 0 fully saturated rings. The lowest BCUT2D eigenvalue weighted by atomic mass is 10.2. The Kier molecular flexibility index (Phi) is 5.76. The zero-order chi connectivity index (χ0) is 19.4. The Hall–Kier alpha value is -2.86. The number of imidazole rings is 1. The molecule has 140 valence electrons. The summed E-state index contributed by atoms with van der Waals surface area (Å²) in [6, 6.07) is 12.7. The lowest BCUT2D eigenvalue weighted by molar-refractivity contribution is 0.0928. The highest BCUT2D eigenvalue weighted by Gasteiger charge is 2.22. The average molecular weight is 385 g/mol. The monoisotopic (exact) mass is 384 g/mol. The first-order valence-corrected chi connectivity index (χ1v) is 9.18. The van der Waals surface area contributed by atoms with Gasteiger partial charge in [0.2, 0.25) is 5.82 Å². The lowest BCUT2D eigenvalue weighted by Crippen LogP contribution is -2.33. The molecular formula is C20H21ClN4O2. The van der Waals surface area contributed by atoms with Gasteiger partial charge in [0.15, 0.2) is 5.69 Å². The molecule has 2 aromatic heterocycles. The SMILES string of the molecule is CCC(C)NC(=O)c1nc(C(=O)NCc2ccccc2Cl)c2ccccn12. The van der Waals surface area contributed by atoms with Crippen LogP contribution in [0.3, 0.4) is 0 Å². The number of fused-ring (bicyclic) bond motifs is 1. The summed E-state index contributed by atoms with van der Waals surface area (Å²) in [4.78, 5) is 29.6. The quantitative estimate of drug-likeness (QED) is 0.683. The number of rotatable bonds is 6. The van der Waals surface area contributed by atoms with Crippen LogP contribution < -0.4 is 10.6 Å². The number of benzene rings is 1. The van der Waals surface area contributed by atoms with Gasteiger partial charge < -0.3 is 10.6 Å². The van der Waals surface area contributed by atoms with E-state index in [1.165, 1.54) is 0 Å². The van der Waals surface area contributed by atoms with Crippen molar-refractivity contribution in [1.29, 1.82) is 0 Å². The highest BCUT2D eigenvalue weighted by molar-refractivity contribution is 6.31. The first-order valence-electron chi connectivity index (χ1n) is 8.80. The second kappa shape index (κ2) is 8.22. The van der Waals surface area contributed by atoms with Crippen LogP contribution in [0.15, 0.2) is 48.7 Å². The van der Waals surface area contributed by atoms with E-state index in [1.54, 1.807) is 34.9 Å². The highest BCUT2D eigenvalue weighted by atomic mass is 35.5. The van der Waals surface area contributed by atoms with Gasteiger partial charge in [-0.15, -0.1) is 0 Å². The summed E-state index contributed by atoms with van der Waals surface area (Å²) in [7, 11) is 0. The lowest BCUT2D eigenvalue weighted by Gasteiger charge is -2.10. The van der Waals surface area contributed by atoms with Gasteiger partial charge in [-0.05, 0) is 37.1 Å². The van der Waals surface area contributed by atoms with E-state index < -0.39 is 0 Å². The fourth-order valence-corrected chi connectivity index (χ4v) is 2.86. The minimum atomic E-state index is -0.360. The van der Waals surface area contributed by atoms with Crippen LogP contribution in [0.2, 0.25) is 5.02 Å². The Balaban J connectivity index is 1.87. The third-order valence-corrected chi connectivity index (χ3v) is 4.72. The topological polar surface area (TPSA) is 75.5 Å². The Bertz CT molecular complexity index is 983. The van der Waals surface area contributed by atoms with Crippen LogP contribution in [-0.2, 0) is 6.54 Å². The summed E-state index contributed by atoms with van der Waals surface area (Å²) in [6.07, 6.45) is 2.53. The molecule has 2 heterocycles. The van der Waals surface area contributed by atoms with Crippen LogP contribution in [0.4, 0.5) is 0 Å². The predicted octanol–water partition coefficient (Wildman–Crippen LogP) is 3.45. The summed E-state index contributed by atoms with van der Waals surface area (Å²) in [6.45, 7) is 4.19. The number of hydrogen-bond acceptors (Lipinski definition) is 3. The molecule has 7 heteroatoms. The van der Waals surface area contributed by atoms with E-state index in [-0.39, 0.29) is 35.9 Å². The van der Waals surface area contributed by atoms with E-state index in [4.69, 9.17) is 11.6 Å². The molecule has 0 bridgehead atoms. The fraction of sp³-hybridized carbons (Fsp3) is 0.250. The first kappa shape index (κ1) is 18.9. The standard InChI is InChI=1S/C20H21ClN4O2/c1-3-13(2)23-20(27)18-24-17(16-10-6-7-11-25(16)18)19(26)22-12-14-8-4-5-9-15(14)21/h4-11,13H,3,12H2,1-2H3,(H,22,26)(H,23,27). The van der Waals surface area contributed by atoms with Gasteiger partial charge in [-0.3, -0.25) is 14.0 Å². The third kappa shape index (κ3) is 4.11. The summed E-state index contributed by atoms with van der Waals surface area (Å²) >= 11 is 6.13. The molecule has 0 aliphatic carbocycles. The van der Waals surface area contributed by atoms with Gasteiger partial charge in [-0.2, -0.15) is 0 Å². The number of aromatic nitrogens is 2. The molecule has 0 spiro atoms. The summed E-state index contributed by atoms with van der Waals surface area (Å²) in [5.41, 5.74) is 1.59. The van der Waals surface area contributed by atoms with E-state index in [2.05, 4.69) is 15.6 Å². The fourth-order valence-electron chi connectivity index (χ4n) is 2.66. The molecule has 3 rings (SSSR count). The molecule has 0 aliphatic heterocycles. The number of nitrogens with one attached hydrogen (secondary N) is 2. The number of hydrogen-bond donors (Lipinski definition) is 2. The molecule has 2 amide bonds. The van der Waals surface area contributed by atoms with Crippen molar-refractivity contribution in [2.24, 2.45) is 0 Å². The van der Waals surface area contributed by atoms with Crippen molar-refractivity contribution in [3.05, 3.63) is 70.8 Å². The van der Waals surface area contributed by atoms with Gasteiger partial charge in [-0.25, -0.2) is 4.98 Å².